The Labute approximate surface area is 151 Å². The van der Waals surface area contributed by atoms with Gasteiger partial charge in [-0.25, -0.2) is 0 Å². The molecule has 0 amide bonds. The van der Waals surface area contributed by atoms with Crippen LogP contribution in [0.5, 0.6) is 11.5 Å². The minimum Gasteiger partial charge on any atom is -0.504 e. The van der Waals surface area contributed by atoms with Gasteiger partial charge in [0.15, 0.2) is 5.75 Å². The van der Waals surface area contributed by atoms with Crippen molar-refractivity contribution in [3.05, 3.63) is 51.6 Å². The summed E-state index contributed by atoms with van der Waals surface area (Å²) in [6.45, 7) is 2.73. The molecule has 7 nitrogen and oxygen atoms in total. The number of rotatable bonds is 3. The summed E-state index contributed by atoms with van der Waals surface area (Å²) in [4.78, 5) is 14.2. The summed E-state index contributed by atoms with van der Waals surface area (Å²) < 4.78 is 41.5. The molecule has 1 aliphatic rings. The molecule has 2 atom stereocenters. The predicted molar refractivity (Wildman–Crippen MR) is 89.6 cm³/mol. The molecule has 0 aliphatic carbocycles. The number of aromatic hydroxyl groups is 2. The van der Waals surface area contributed by atoms with E-state index in [0.717, 1.165) is 30.4 Å². The normalized spacial score (nSPS) is 22.9. The molecule has 0 spiro atoms. The molecule has 1 aliphatic heterocycles. The molecule has 1 aromatic carbocycles. The Hall–Kier alpha value is -3.35. The van der Waals surface area contributed by atoms with E-state index in [2.05, 4.69) is 4.99 Å². The number of aliphatic imine (C=N–C) groups is 1. The van der Waals surface area contributed by atoms with Crippen LogP contribution < -0.4 is 0 Å². The van der Waals surface area contributed by atoms with E-state index in [1.165, 1.54) is 13.8 Å². The van der Waals surface area contributed by atoms with Crippen LogP contribution in [-0.2, 0) is 5.41 Å². The fourth-order valence-electron chi connectivity index (χ4n) is 3.19. The average molecular weight is 381 g/mol. The molecule has 0 radical (unpaired) electrons. The second-order valence-electron chi connectivity index (χ2n) is 5.95. The van der Waals surface area contributed by atoms with Gasteiger partial charge in [0.2, 0.25) is 5.75 Å². The molecule has 2 rings (SSSR count). The SMILES string of the molecule is CC1=NC(C)C(/C=C\C#N)(c2cc(O)c(O)c([N+](=O)[O-])c2)C(C(F)(F)F)=C1. The number of benzene rings is 1. The summed E-state index contributed by atoms with van der Waals surface area (Å²) in [6, 6.07) is 2.04. The molecular weight excluding hydrogens is 367 g/mol. The van der Waals surface area contributed by atoms with E-state index in [1.807, 2.05) is 0 Å². The van der Waals surface area contributed by atoms with Crippen LogP contribution in [0.15, 0.2) is 40.9 Å². The first-order valence-corrected chi connectivity index (χ1v) is 7.57. The fourth-order valence-corrected chi connectivity index (χ4v) is 3.19. The van der Waals surface area contributed by atoms with E-state index in [-0.39, 0.29) is 11.3 Å². The van der Waals surface area contributed by atoms with Gasteiger partial charge in [-0.15, -0.1) is 0 Å². The smallest absolute Gasteiger partial charge is 0.414 e. The first-order valence-electron chi connectivity index (χ1n) is 7.57. The Bertz CT molecular complexity index is 929. The lowest BCUT2D eigenvalue weighted by atomic mass is 9.67. The first kappa shape index (κ1) is 20.0. The third kappa shape index (κ3) is 3.36. The molecule has 1 aromatic rings. The molecule has 2 unspecified atom stereocenters. The third-order valence-corrected chi connectivity index (χ3v) is 4.33. The largest absolute Gasteiger partial charge is 0.504 e. The van der Waals surface area contributed by atoms with Crippen LogP contribution in [0.3, 0.4) is 0 Å². The van der Waals surface area contributed by atoms with Crippen LogP contribution >= 0.6 is 0 Å². The predicted octanol–water partition coefficient (Wildman–Crippen LogP) is 3.68. The summed E-state index contributed by atoms with van der Waals surface area (Å²) in [7, 11) is 0. The van der Waals surface area contributed by atoms with Crippen molar-refractivity contribution in [2.75, 3.05) is 0 Å². The number of nitrogens with zero attached hydrogens (tertiary/aromatic N) is 3. The van der Waals surface area contributed by atoms with E-state index in [1.54, 1.807) is 6.07 Å². The standard InChI is InChI=1S/C17H14F3N3O4/c1-9-6-14(17(18,19)20)16(4-3-5-21,10(2)22-9)11-7-12(23(26)27)15(25)13(24)8-11/h3-4,6-8,10,24-25H,1-2H3/b4-3-. The molecule has 1 heterocycles. The molecule has 0 aromatic heterocycles. The number of phenols is 2. The van der Waals surface area contributed by atoms with Crippen molar-refractivity contribution in [1.29, 1.82) is 5.26 Å². The second-order valence-corrected chi connectivity index (χ2v) is 5.95. The number of nitro benzene ring substituents is 1. The van der Waals surface area contributed by atoms with E-state index in [4.69, 9.17) is 5.26 Å². The Morgan fingerprint density at radius 1 is 1.41 bits per heavy atom. The number of phenolic OH excluding ortho intramolecular Hbond substituents is 2. The minimum atomic E-state index is -4.85. The van der Waals surface area contributed by atoms with E-state index in [0.29, 0.717) is 0 Å². The van der Waals surface area contributed by atoms with Gasteiger partial charge in [0.1, 0.15) is 0 Å². The zero-order chi connectivity index (χ0) is 20.6. The lowest BCUT2D eigenvalue weighted by Crippen LogP contribution is -2.45. The molecule has 0 saturated heterocycles. The summed E-state index contributed by atoms with van der Waals surface area (Å²) in [5.41, 5.74) is -4.41. The van der Waals surface area contributed by atoms with Crippen LogP contribution in [-0.4, -0.2) is 33.1 Å². The van der Waals surface area contributed by atoms with Gasteiger partial charge in [-0.3, -0.25) is 15.1 Å². The topological polar surface area (TPSA) is 120 Å². The van der Waals surface area contributed by atoms with E-state index >= 15 is 0 Å². The van der Waals surface area contributed by atoms with Gasteiger partial charge in [0.05, 0.1) is 28.0 Å². The van der Waals surface area contributed by atoms with Crippen molar-refractivity contribution in [2.24, 2.45) is 4.99 Å². The van der Waals surface area contributed by atoms with Gasteiger partial charge < -0.3 is 10.2 Å². The third-order valence-electron chi connectivity index (χ3n) is 4.33. The van der Waals surface area contributed by atoms with Gasteiger partial charge in [0, 0.05) is 17.9 Å². The molecule has 2 N–H and O–H groups in total. The van der Waals surface area contributed by atoms with Crippen LogP contribution in [0, 0.1) is 21.4 Å². The number of nitro groups is 1. The lowest BCUT2D eigenvalue weighted by molar-refractivity contribution is -0.386. The Kier molecular flexibility index (Phi) is 4.99. The number of halogens is 3. The van der Waals surface area contributed by atoms with Crippen molar-refractivity contribution < 1.29 is 28.3 Å². The van der Waals surface area contributed by atoms with Crippen molar-refractivity contribution in [2.45, 2.75) is 31.5 Å². The Morgan fingerprint density at radius 2 is 2.04 bits per heavy atom. The first-order chi connectivity index (χ1) is 12.4. The van der Waals surface area contributed by atoms with Gasteiger partial charge in [-0.1, -0.05) is 6.08 Å². The molecule has 27 heavy (non-hydrogen) atoms. The minimum absolute atomic E-state index is 0.0910. The van der Waals surface area contributed by atoms with Gasteiger partial charge in [-0.05, 0) is 31.6 Å². The Balaban J connectivity index is 2.95. The molecule has 0 saturated carbocycles. The van der Waals surface area contributed by atoms with Crippen molar-refractivity contribution in [3.63, 3.8) is 0 Å². The molecule has 0 fully saturated rings. The quantitative estimate of drug-likeness (QED) is 0.358. The number of allylic oxidation sites excluding steroid dienone is 2. The maximum Gasteiger partial charge on any atom is 0.414 e. The summed E-state index contributed by atoms with van der Waals surface area (Å²) in [5.74, 6) is -2.02. The zero-order valence-corrected chi connectivity index (χ0v) is 14.2. The van der Waals surface area contributed by atoms with Gasteiger partial charge in [0.25, 0.3) is 0 Å². The lowest BCUT2D eigenvalue weighted by Gasteiger charge is -2.40. The maximum absolute atomic E-state index is 13.8. The van der Waals surface area contributed by atoms with Gasteiger partial charge >= 0.3 is 11.9 Å². The van der Waals surface area contributed by atoms with Crippen molar-refractivity contribution >= 4 is 11.4 Å². The summed E-state index contributed by atoms with van der Waals surface area (Å²) in [6.07, 6.45) is -2.30. The number of nitriles is 1. The highest BCUT2D eigenvalue weighted by Gasteiger charge is 2.53. The highest BCUT2D eigenvalue weighted by molar-refractivity contribution is 5.95. The van der Waals surface area contributed by atoms with E-state index in [9.17, 15) is 33.5 Å². The Morgan fingerprint density at radius 3 is 2.56 bits per heavy atom. The van der Waals surface area contributed by atoms with Crippen LogP contribution in [0.25, 0.3) is 0 Å². The molecular formula is C17H14F3N3O4. The molecule has 142 valence electrons. The average Bonchev–Trinajstić information content (AvgIpc) is 2.55. The van der Waals surface area contributed by atoms with Gasteiger partial charge in [-0.2, -0.15) is 18.4 Å². The number of dihydropyridines is 1. The number of hydrogen-bond acceptors (Lipinski definition) is 6. The molecule has 0 bridgehead atoms. The number of alkyl halides is 3. The summed E-state index contributed by atoms with van der Waals surface area (Å²) >= 11 is 0. The number of hydrogen-bond donors (Lipinski definition) is 2. The monoisotopic (exact) mass is 381 g/mol. The van der Waals surface area contributed by atoms with Crippen LogP contribution in [0.4, 0.5) is 18.9 Å². The summed E-state index contributed by atoms with van der Waals surface area (Å²) in [5, 5.41) is 39.5. The highest BCUT2D eigenvalue weighted by atomic mass is 19.4. The van der Waals surface area contributed by atoms with Crippen LogP contribution in [0.2, 0.25) is 0 Å². The van der Waals surface area contributed by atoms with Crippen LogP contribution in [0.1, 0.15) is 19.4 Å². The van der Waals surface area contributed by atoms with Crippen molar-refractivity contribution in [1.82, 2.24) is 0 Å². The maximum atomic E-state index is 13.8. The molecule has 10 heteroatoms. The second kappa shape index (κ2) is 6.75. The highest BCUT2D eigenvalue weighted by Crippen LogP contribution is 2.51. The zero-order valence-electron chi connectivity index (χ0n) is 14.2. The van der Waals surface area contributed by atoms with Crippen molar-refractivity contribution in [3.8, 4) is 17.6 Å². The van der Waals surface area contributed by atoms with E-state index < -0.39 is 45.3 Å². The fraction of sp³-hybridized carbons (Fsp3) is 0.294.